The van der Waals surface area contributed by atoms with Crippen molar-refractivity contribution in [3.8, 4) is 0 Å². The fourth-order valence-electron chi connectivity index (χ4n) is 2.95. The SMILES string of the molecule is CNC(=O)CN(C)C(=O)COC(=O)c1ccc(C)c(S(=O)(=O)N2CCCCC2)c1. The minimum absolute atomic E-state index is 0.0490. The van der Waals surface area contributed by atoms with Gasteiger partial charge in [0.2, 0.25) is 15.9 Å². The van der Waals surface area contributed by atoms with Crippen LogP contribution in [0.2, 0.25) is 0 Å². The van der Waals surface area contributed by atoms with E-state index in [0.717, 1.165) is 24.2 Å². The Morgan fingerprint density at radius 1 is 1.17 bits per heavy atom. The third-order valence-electron chi connectivity index (χ3n) is 4.77. The molecular weight excluding hydrogens is 398 g/mol. The topological polar surface area (TPSA) is 113 Å². The number of carbonyl (C=O) groups is 3. The minimum Gasteiger partial charge on any atom is -0.452 e. The van der Waals surface area contributed by atoms with Gasteiger partial charge in [0.1, 0.15) is 0 Å². The number of rotatable bonds is 7. The Kier molecular flexibility index (Phi) is 7.74. The molecule has 2 amide bonds. The van der Waals surface area contributed by atoms with Crippen molar-refractivity contribution in [3.63, 3.8) is 0 Å². The van der Waals surface area contributed by atoms with Gasteiger partial charge in [0.15, 0.2) is 6.61 Å². The van der Waals surface area contributed by atoms with E-state index in [4.69, 9.17) is 4.74 Å². The number of aryl methyl sites for hydroxylation is 1. The molecule has 9 nitrogen and oxygen atoms in total. The van der Waals surface area contributed by atoms with Crippen LogP contribution in [-0.4, -0.2) is 75.7 Å². The van der Waals surface area contributed by atoms with Crippen LogP contribution in [-0.2, 0) is 24.3 Å². The van der Waals surface area contributed by atoms with E-state index < -0.39 is 28.5 Å². The summed E-state index contributed by atoms with van der Waals surface area (Å²) in [7, 11) is -0.835. The number of hydrogen-bond donors (Lipinski definition) is 1. The molecule has 0 bridgehead atoms. The average Bonchev–Trinajstić information content (AvgIpc) is 2.72. The van der Waals surface area contributed by atoms with Crippen LogP contribution in [0, 0.1) is 6.92 Å². The second-order valence-corrected chi connectivity index (χ2v) is 8.85. The number of nitrogens with zero attached hydrogens (tertiary/aromatic N) is 2. The van der Waals surface area contributed by atoms with Crippen LogP contribution in [0.25, 0.3) is 0 Å². The lowest BCUT2D eigenvalue weighted by Gasteiger charge is -2.26. The lowest BCUT2D eigenvalue weighted by Crippen LogP contribution is -2.39. The van der Waals surface area contributed by atoms with Gasteiger partial charge in [0, 0.05) is 27.2 Å². The van der Waals surface area contributed by atoms with Gasteiger partial charge in [-0.3, -0.25) is 9.59 Å². The summed E-state index contributed by atoms with van der Waals surface area (Å²) in [4.78, 5) is 36.8. The Hall–Kier alpha value is -2.46. The number of amides is 2. The molecule has 1 N–H and O–H groups in total. The van der Waals surface area contributed by atoms with Gasteiger partial charge in [0.05, 0.1) is 17.0 Å². The molecule has 1 fully saturated rings. The summed E-state index contributed by atoms with van der Waals surface area (Å²) in [5, 5.41) is 2.39. The van der Waals surface area contributed by atoms with Gasteiger partial charge in [-0.2, -0.15) is 4.31 Å². The lowest BCUT2D eigenvalue weighted by atomic mass is 10.1. The molecule has 0 atom stereocenters. The van der Waals surface area contributed by atoms with Crippen LogP contribution in [0.15, 0.2) is 23.1 Å². The Bertz CT molecular complexity index is 878. The smallest absolute Gasteiger partial charge is 0.338 e. The summed E-state index contributed by atoms with van der Waals surface area (Å²) >= 11 is 0. The quantitative estimate of drug-likeness (QED) is 0.638. The predicted molar refractivity (Wildman–Crippen MR) is 106 cm³/mol. The van der Waals surface area contributed by atoms with E-state index in [1.165, 1.54) is 30.5 Å². The van der Waals surface area contributed by atoms with E-state index in [0.29, 0.717) is 18.7 Å². The third-order valence-corrected chi connectivity index (χ3v) is 6.81. The summed E-state index contributed by atoms with van der Waals surface area (Å²) in [6, 6.07) is 4.30. The molecular formula is C19H27N3O6S. The number of ether oxygens (including phenoxy) is 1. The van der Waals surface area contributed by atoms with Gasteiger partial charge >= 0.3 is 5.97 Å². The largest absolute Gasteiger partial charge is 0.452 e. The maximum atomic E-state index is 12.9. The maximum absolute atomic E-state index is 12.9. The highest BCUT2D eigenvalue weighted by molar-refractivity contribution is 7.89. The molecule has 1 aliphatic rings. The van der Waals surface area contributed by atoms with Crippen molar-refractivity contribution in [1.82, 2.24) is 14.5 Å². The molecule has 1 aromatic rings. The summed E-state index contributed by atoms with van der Waals surface area (Å²) in [5.74, 6) is -1.70. The van der Waals surface area contributed by atoms with Crippen molar-refractivity contribution in [3.05, 3.63) is 29.3 Å². The van der Waals surface area contributed by atoms with Crippen molar-refractivity contribution in [2.75, 3.05) is 40.3 Å². The zero-order chi connectivity index (χ0) is 21.6. The molecule has 1 aliphatic heterocycles. The van der Waals surface area contributed by atoms with E-state index in [-0.39, 0.29) is 22.9 Å². The van der Waals surface area contributed by atoms with E-state index in [9.17, 15) is 22.8 Å². The molecule has 0 saturated carbocycles. The van der Waals surface area contributed by atoms with E-state index in [2.05, 4.69) is 5.32 Å². The molecule has 1 saturated heterocycles. The number of benzene rings is 1. The fourth-order valence-corrected chi connectivity index (χ4v) is 4.72. The monoisotopic (exact) mass is 425 g/mol. The van der Waals surface area contributed by atoms with Gasteiger partial charge in [-0.1, -0.05) is 12.5 Å². The number of piperidine rings is 1. The second kappa shape index (κ2) is 9.84. The number of hydrogen-bond acceptors (Lipinski definition) is 6. The van der Waals surface area contributed by atoms with Gasteiger partial charge < -0.3 is 15.0 Å². The normalized spacial score (nSPS) is 14.9. The van der Waals surface area contributed by atoms with E-state index >= 15 is 0 Å². The van der Waals surface area contributed by atoms with Crippen LogP contribution < -0.4 is 5.32 Å². The van der Waals surface area contributed by atoms with Crippen LogP contribution >= 0.6 is 0 Å². The lowest BCUT2D eigenvalue weighted by molar-refractivity contribution is -0.137. The third kappa shape index (κ3) is 5.77. The van der Waals surface area contributed by atoms with Gasteiger partial charge in [-0.05, 0) is 37.5 Å². The van der Waals surface area contributed by atoms with Crippen molar-refractivity contribution in [2.45, 2.75) is 31.1 Å². The fraction of sp³-hybridized carbons (Fsp3) is 0.526. The number of sulfonamides is 1. The van der Waals surface area contributed by atoms with Crippen molar-refractivity contribution < 1.29 is 27.5 Å². The van der Waals surface area contributed by atoms with Crippen molar-refractivity contribution in [1.29, 1.82) is 0 Å². The average molecular weight is 426 g/mol. The van der Waals surface area contributed by atoms with Crippen LogP contribution in [0.3, 0.4) is 0 Å². The Balaban J connectivity index is 2.09. The molecule has 0 unspecified atom stereocenters. The highest BCUT2D eigenvalue weighted by Crippen LogP contribution is 2.24. The van der Waals surface area contributed by atoms with Crippen molar-refractivity contribution in [2.24, 2.45) is 0 Å². The first kappa shape index (κ1) is 22.8. The molecule has 160 valence electrons. The van der Waals surface area contributed by atoms with Gasteiger partial charge in [-0.25, -0.2) is 13.2 Å². The van der Waals surface area contributed by atoms with Crippen molar-refractivity contribution >= 4 is 27.8 Å². The molecule has 1 heterocycles. The zero-order valence-electron chi connectivity index (χ0n) is 16.9. The zero-order valence-corrected chi connectivity index (χ0v) is 17.8. The molecule has 0 radical (unpaired) electrons. The molecule has 0 aromatic heterocycles. The van der Waals surface area contributed by atoms with E-state index in [1.54, 1.807) is 13.0 Å². The molecule has 29 heavy (non-hydrogen) atoms. The van der Waals surface area contributed by atoms with E-state index in [1.807, 2.05) is 0 Å². The van der Waals surface area contributed by atoms with Gasteiger partial charge in [-0.15, -0.1) is 0 Å². The molecule has 0 spiro atoms. The highest BCUT2D eigenvalue weighted by atomic mass is 32.2. The Labute approximate surface area is 171 Å². The maximum Gasteiger partial charge on any atom is 0.338 e. The first-order valence-electron chi connectivity index (χ1n) is 9.39. The summed E-state index contributed by atoms with van der Waals surface area (Å²) in [5.41, 5.74) is 0.585. The summed E-state index contributed by atoms with van der Waals surface area (Å²) in [6.07, 6.45) is 2.62. The second-order valence-electron chi connectivity index (χ2n) is 6.94. The number of nitrogens with one attached hydrogen (secondary N) is 1. The number of esters is 1. The number of carbonyl (C=O) groups excluding carboxylic acids is 3. The van der Waals surface area contributed by atoms with Gasteiger partial charge in [0.25, 0.3) is 5.91 Å². The van der Waals surface area contributed by atoms with Crippen LogP contribution in [0.4, 0.5) is 0 Å². The molecule has 10 heteroatoms. The standard InChI is InChI=1S/C19H27N3O6S/c1-14-7-8-15(11-16(14)29(26,27)22-9-5-4-6-10-22)19(25)28-13-18(24)21(3)12-17(23)20-2/h7-8,11H,4-6,9-10,12-13H2,1-3H3,(H,20,23). The van der Waals surface area contributed by atoms with Crippen LogP contribution in [0.1, 0.15) is 35.2 Å². The summed E-state index contributed by atoms with van der Waals surface area (Å²) in [6.45, 7) is 1.89. The molecule has 2 rings (SSSR count). The first-order chi connectivity index (χ1) is 13.7. The Morgan fingerprint density at radius 3 is 2.45 bits per heavy atom. The predicted octanol–water partition coefficient (Wildman–Crippen LogP) is 0.531. The molecule has 1 aromatic carbocycles. The highest BCUT2D eigenvalue weighted by Gasteiger charge is 2.28. The Morgan fingerprint density at radius 2 is 1.83 bits per heavy atom. The summed E-state index contributed by atoms with van der Waals surface area (Å²) < 4.78 is 32.3. The van der Waals surface area contributed by atoms with Crippen LogP contribution in [0.5, 0.6) is 0 Å². The number of likely N-dealkylation sites (N-methyl/N-ethyl adjacent to an activating group) is 2. The first-order valence-corrected chi connectivity index (χ1v) is 10.8. The molecule has 0 aliphatic carbocycles. The minimum atomic E-state index is -3.70.